The molecule has 0 radical (unpaired) electrons. The molecule has 1 unspecified atom stereocenters. The van der Waals surface area contributed by atoms with Gasteiger partial charge in [0.15, 0.2) is 11.6 Å². The molecule has 0 bridgehead atoms. The molecule has 5 heteroatoms. The van der Waals surface area contributed by atoms with Crippen molar-refractivity contribution in [2.24, 2.45) is 0 Å². The first-order valence-corrected chi connectivity index (χ1v) is 6.96. The topological polar surface area (TPSA) is 9.23 Å². The Bertz CT molecular complexity index is 616. The van der Waals surface area contributed by atoms with E-state index in [4.69, 9.17) is 4.74 Å². The van der Waals surface area contributed by atoms with Crippen LogP contribution in [0.3, 0.4) is 0 Å². The molecule has 2 aromatic rings. The van der Waals surface area contributed by atoms with Crippen molar-refractivity contribution in [1.29, 1.82) is 0 Å². The largest absolute Gasteiger partial charge is 0.494 e. The Hall–Kier alpha value is -1.49. The molecule has 0 spiro atoms. The second-order valence-corrected chi connectivity index (χ2v) is 5.04. The summed E-state index contributed by atoms with van der Waals surface area (Å²) in [6.45, 7) is 2.29. The van der Waals surface area contributed by atoms with Gasteiger partial charge in [0, 0.05) is 17.2 Å². The predicted molar refractivity (Wildman–Crippen MR) is 74.7 cm³/mol. The van der Waals surface area contributed by atoms with Gasteiger partial charge in [-0.3, -0.25) is 0 Å². The highest BCUT2D eigenvalue weighted by Crippen LogP contribution is 2.38. The highest BCUT2D eigenvalue weighted by atomic mass is 79.9. The van der Waals surface area contributed by atoms with E-state index in [0.717, 1.165) is 6.07 Å². The van der Waals surface area contributed by atoms with Crippen molar-refractivity contribution in [3.63, 3.8) is 0 Å². The molecule has 0 fully saturated rings. The van der Waals surface area contributed by atoms with Gasteiger partial charge >= 0.3 is 0 Å². The van der Waals surface area contributed by atoms with E-state index in [-0.39, 0.29) is 5.56 Å². The molecule has 0 saturated heterocycles. The monoisotopic (exact) mass is 344 g/mol. The van der Waals surface area contributed by atoms with Crippen LogP contribution in [0.1, 0.15) is 22.9 Å². The Kier molecular flexibility index (Phi) is 4.70. The number of alkyl halides is 1. The van der Waals surface area contributed by atoms with Crippen LogP contribution in [0.25, 0.3) is 0 Å². The Morgan fingerprint density at radius 3 is 2.35 bits per heavy atom. The number of benzene rings is 2. The maximum Gasteiger partial charge on any atom is 0.161 e. The molecule has 0 aliphatic carbocycles. The zero-order valence-electron chi connectivity index (χ0n) is 10.7. The van der Waals surface area contributed by atoms with Gasteiger partial charge in [0.1, 0.15) is 11.6 Å². The molecule has 1 atom stereocenters. The normalized spacial score (nSPS) is 12.2. The number of ether oxygens (including phenoxy) is 1. The van der Waals surface area contributed by atoms with Gasteiger partial charge in [-0.2, -0.15) is 0 Å². The second-order valence-electron chi connectivity index (χ2n) is 4.12. The van der Waals surface area contributed by atoms with Gasteiger partial charge in [0.25, 0.3) is 0 Å². The van der Waals surface area contributed by atoms with E-state index >= 15 is 0 Å². The van der Waals surface area contributed by atoms with Gasteiger partial charge < -0.3 is 4.74 Å². The summed E-state index contributed by atoms with van der Waals surface area (Å²) in [7, 11) is 0. The lowest BCUT2D eigenvalue weighted by molar-refractivity contribution is 0.337. The molecule has 0 N–H and O–H groups in total. The fourth-order valence-electron chi connectivity index (χ4n) is 1.88. The molecule has 2 rings (SSSR count). The van der Waals surface area contributed by atoms with Crippen LogP contribution in [0.5, 0.6) is 5.75 Å². The standard InChI is InChI=1S/C15H12BrF3O/c1-2-20-14-6-4-3-5-9(14)15(16)10-7-12(18)13(19)8-11(10)17/h3-8,15H,2H2,1H3. The highest BCUT2D eigenvalue weighted by molar-refractivity contribution is 9.09. The molecule has 20 heavy (non-hydrogen) atoms. The molecular formula is C15H12BrF3O. The first-order chi connectivity index (χ1) is 9.54. The summed E-state index contributed by atoms with van der Waals surface area (Å²) in [5.41, 5.74) is 0.676. The summed E-state index contributed by atoms with van der Waals surface area (Å²) in [5.74, 6) is -2.53. The van der Waals surface area contributed by atoms with E-state index in [1.165, 1.54) is 0 Å². The Morgan fingerprint density at radius 1 is 1.00 bits per heavy atom. The van der Waals surface area contributed by atoms with Crippen LogP contribution in [0.15, 0.2) is 36.4 Å². The van der Waals surface area contributed by atoms with E-state index in [2.05, 4.69) is 15.9 Å². The van der Waals surface area contributed by atoms with Crippen LogP contribution in [-0.2, 0) is 0 Å². The van der Waals surface area contributed by atoms with Crippen LogP contribution < -0.4 is 4.74 Å². The molecule has 2 aromatic carbocycles. The van der Waals surface area contributed by atoms with E-state index < -0.39 is 22.3 Å². The van der Waals surface area contributed by atoms with E-state index in [0.29, 0.717) is 24.0 Å². The smallest absolute Gasteiger partial charge is 0.161 e. The first-order valence-electron chi connectivity index (χ1n) is 6.04. The molecule has 0 aliphatic rings. The summed E-state index contributed by atoms with van der Waals surface area (Å²) in [6.07, 6.45) is 0. The van der Waals surface area contributed by atoms with Gasteiger partial charge in [-0.15, -0.1) is 0 Å². The zero-order valence-corrected chi connectivity index (χ0v) is 12.3. The van der Waals surface area contributed by atoms with Crippen molar-refractivity contribution < 1.29 is 17.9 Å². The van der Waals surface area contributed by atoms with Crippen molar-refractivity contribution in [3.05, 3.63) is 65.0 Å². The number of para-hydroxylation sites is 1. The minimum Gasteiger partial charge on any atom is -0.494 e. The first kappa shape index (κ1) is 14.9. The molecule has 106 valence electrons. The van der Waals surface area contributed by atoms with Crippen molar-refractivity contribution in [2.75, 3.05) is 6.61 Å². The molecule has 1 nitrogen and oxygen atoms in total. The average molecular weight is 345 g/mol. The van der Waals surface area contributed by atoms with Crippen molar-refractivity contribution in [2.45, 2.75) is 11.8 Å². The van der Waals surface area contributed by atoms with Crippen LogP contribution in [0.4, 0.5) is 13.2 Å². The van der Waals surface area contributed by atoms with Gasteiger partial charge in [-0.1, -0.05) is 34.1 Å². The Morgan fingerprint density at radius 2 is 1.65 bits per heavy atom. The van der Waals surface area contributed by atoms with Gasteiger partial charge in [-0.25, -0.2) is 13.2 Å². The zero-order chi connectivity index (χ0) is 14.7. The fourth-order valence-corrected chi connectivity index (χ4v) is 2.61. The van der Waals surface area contributed by atoms with Crippen LogP contribution >= 0.6 is 15.9 Å². The van der Waals surface area contributed by atoms with Crippen LogP contribution in [0.2, 0.25) is 0 Å². The van der Waals surface area contributed by atoms with E-state index in [1.54, 1.807) is 24.3 Å². The number of hydrogen-bond acceptors (Lipinski definition) is 1. The summed E-state index contributed by atoms with van der Waals surface area (Å²) in [5, 5.41) is 0. The summed E-state index contributed by atoms with van der Waals surface area (Å²) in [4.78, 5) is -0.625. The number of halogens is 4. The predicted octanol–water partition coefficient (Wildman–Crippen LogP) is 4.99. The lowest BCUT2D eigenvalue weighted by Gasteiger charge is -2.16. The second kappa shape index (κ2) is 6.31. The van der Waals surface area contributed by atoms with Crippen LogP contribution in [0, 0.1) is 17.5 Å². The Balaban J connectivity index is 2.46. The quantitative estimate of drug-likeness (QED) is 0.561. The minimum atomic E-state index is -1.20. The molecule has 0 heterocycles. The third-order valence-electron chi connectivity index (χ3n) is 2.80. The maximum atomic E-state index is 13.8. The number of rotatable bonds is 4. The van der Waals surface area contributed by atoms with Gasteiger partial charge in [0.05, 0.1) is 11.4 Å². The maximum absolute atomic E-state index is 13.8. The van der Waals surface area contributed by atoms with Crippen molar-refractivity contribution in [1.82, 2.24) is 0 Å². The minimum absolute atomic E-state index is 0.0241. The third-order valence-corrected chi connectivity index (χ3v) is 3.79. The third kappa shape index (κ3) is 2.98. The van der Waals surface area contributed by atoms with Gasteiger partial charge in [0.2, 0.25) is 0 Å². The summed E-state index contributed by atoms with van der Waals surface area (Å²) < 4.78 is 45.5. The van der Waals surface area contributed by atoms with E-state index in [9.17, 15) is 13.2 Å². The molecule has 0 amide bonds. The lowest BCUT2D eigenvalue weighted by Crippen LogP contribution is -2.03. The van der Waals surface area contributed by atoms with E-state index in [1.807, 2.05) is 6.92 Å². The summed E-state index contributed by atoms with van der Waals surface area (Å²) in [6, 6.07) is 8.44. The van der Waals surface area contributed by atoms with Gasteiger partial charge in [-0.05, 0) is 19.1 Å². The highest BCUT2D eigenvalue weighted by Gasteiger charge is 2.20. The summed E-state index contributed by atoms with van der Waals surface area (Å²) >= 11 is 3.32. The molecule has 0 aliphatic heterocycles. The fraction of sp³-hybridized carbons (Fsp3) is 0.200. The SMILES string of the molecule is CCOc1ccccc1C(Br)c1cc(F)c(F)cc1F. The van der Waals surface area contributed by atoms with Crippen LogP contribution in [-0.4, -0.2) is 6.61 Å². The Labute approximate surface area is 123 Å². The van der Waals surface area contributed by atoms with Crippen molar-refractivity contribution in [3.8, 4) is 5.75 Å². The van der Waals surface area contributed by atoms with Crippen molar-refractivity contribution >= 4 is 15.9 Å². The molecule has 0 aromatic heterocycles. The molecule has 0 saturated carbocycles. The molecular weight excluding hydrogens is 333 g/mol. The average Bonchev–Trinajstić information content (AvgIpc) is 2.43. The number of hydrogen-bond donors (Lipinski definition) is 0. The lowest BCUT2D eigenvalue weighted by atomic mass is 10.0.